The lowest BCUT2D eigenvalue weighted by atomic mass is 9.78. The summed E-state index contributed by atoms with van der Waals surface area (Å²) in [5, 5.41) is 14.3. The first-order chi connectivity index (χ1) is 12.0. The van der Waals surface area contributed by atoms with Crippen LogP contribution in [-0.4, -0.2) is 11.7 Å². The van der Waals surface area contributed by atoms with Crippen molar-refractivity contribution >= 4 is 23.0 Å². The largest absolute Gasteiger partial charge is 0.507 e. The number of rotatable bonds is 1. The minimum absolute atomic E-state index is 0.130. The summed E-state index contributed by atoms with van der Waals surface area (Å²) >= 11 is 0. The Kier molecular flexibility index (Phi) is 4.30. The Morgan fingerprint density at radius 1 is 1.00 bits per heavy atom. The quantitative estimate of drug-likeness (QED) is 0.592. The summed E-state index contributed by atoms with van der Waals surface area (Å²) in [5.74, 6) is 0.418. The van der Waals surface area contributed by atoms with Gasteiger partial charge in [-0.2, -0.15) is 0 Å². The predicted molar refractivity (Wildman–Crippen MR) is 113 cm³/mol. The zero-order valence-electron chi connectivity index (χ0n) is 16.7. The number of hydrogen-bond acceptors (Lipinski definition) is 3. The molecule has 26 heavy (non-hydrogen) atoms. The number of anilines is 2. The van der Waals surface area contributed by atoms with Crippen LogP contribution in [0.3, 0.4) is 0 Å². The zero-order valence-corrected chi connectivity index (χ0v) is 16.7. The molecule has 0 spiro atoms. The van der Waals surface area contributed by atoms with Gasteiger partial charge >= 0.3 is 0 Å². The number of nitrogen functional groups attached to an aromatic ring is 1. The van der Waals surface area contributed by atoms with E-state index in [9.17, 15) is 5.11 Å². The van der Waals surface area contributed by atoms with Crippen LogP contribution in [0.1, 0.15) is 63.8 Å². The molecule has 1 aliphatic rings. The third-order valence-corrected chi connectivity index (χ3v) is 4.99. The third kappa shape index (κ3) is 3.31. The van der Waals surface area contributed by atoms with E-state index in [1.807, 2.05) is 12.1 Å². The molecule has 0 fully saturated rings. The molecule has 0 saturated carbocycles. The molecule has 4 N–H and O–H groups in total. The number of aromatic hydroxyl groups is 1. The van der Waals surface area contributed by atoms with E-state index < -0.39 is 0 Å². The summed E-state index contributed by atoms with van der Waals surface area (Å²) in [6.45, 7) is 13.6. The van der Waals surface area contributed by atoms with Crippen LogP contribution in [0.4, 0.5) is 11.4 Å². The molecule has 2 aromatic carbocycles. The van der Waals surface area contributed by atoms with Gasteiger partial charge < -0.3 is 16.2 Å². The number of nitrogens with two attached hydrogens (primary N) is 1. The van der Waals surface area contributed by atoms with Crippen molar-refractivity contribution in [1.82, 2.24) is 0 Å². The molecule has 0 aliphatic carbocycles. The molecule has 0 atom stereocenters. The first kappa shape index (κ1) is 18.4. The van der Waals surface area contributed by atoms with Crippen LogP contribution >= 0.6 is 0 Å². The Bertz CT molecular complexity index is 845. The molecule has 0 amide bonds. The summed E-state index contributed by atoms with van der Waals surface area (Å²) in [5.41, 5.74) is 13.1. The summed E-state index contributed by atoms with van der Waals surface area (Å²) in [6.07, 6.45) is 2.21. The van der Waals surface area contributed by atoms with Crippen LogP contribution in [-0.2, 0) is 10.8 Å². The average molecular weight is 351 g/mol. The molecule has 2 aromatic rings. The topological polar surface area (TPSA) is 58.3 Å². The average Bonchev–Trinajstić information content (AvgIpc) is 2.91. The van der Waals surface area contributed by atoms with Gasteiger partial charge in [-0.1, -0.05) is 53.7 Å². The van der Waals surface area contributed by atoms with Gasteiger partial charge in [0.2, 0.25) is 0 Å². The van der Waals surface area contributed by atoms with Crippen molar-refractivity contribution in [2.24, 2.45) is 0 Å². The molecule has 0 unspecified atom stereocenters. The van der Waals surface area contributed by atoms with Gasteiger partial charge in [0.1, 0.15) is 5.75 Å². The summed E-state index contributed by atoms with van der Waals surface area (Å²) in [7, 11) is 0. The van der Waals surface area contributed by atoms with E-state index in [0.717, 1.165) is 40.2 Å². The second-order valence-electron chi connectivity index (χ2n) is 9.26. The summed E-state index contributed by atoms with van der Waals surface area (Å²) in [6, 6.07) is 10.2. The van der Waals surface area contributed by atoms with Crippen molar-refractivity contribution in [2.75, 3.05) is 17.6 Å². The van der Waals surface area contributed by atoms with Gasteiger partial charge in [0, 0.05) is 23.2 Å². The fourth-order valence-electron chi connectivity index (χ4n) is 3.53. The highest BCUT2D eigenvalue weighted by Crippen LogP contribution is 2.41. The number of benzene rings is 2. The number of para-hydroxylation sites is 1. The molecule has 0 aromatic heterocycles. The highest BCUT2D eigenvalue weighted by Gasteiger charge is 2.26. The maximum Gasteiger partial charge on any atom is 0.123 e. The van der Waals surface area contributed by atoms with Crippen molar-refractivity contribution in [2.45, 2.75) is 52.4 Å². The first-order valence-electron chi connectivity index (χ1n) is 9.20. The van der Waals surface area contributed by atoms with E-state index in [-0.39, 0.29) is 10.8 Å². The van der Waals surface area contributed by atoms with E-state index in [1.54, 1.807) is 0 Å². The Morgan fingerprint density at radius 2 is 1.58 bits per heavy atom. The minimum Gasteiger partial charge on any atom is -0.507 e. The minimum atomic E-state index is -0.130. The monoisotopic (exact) mass is 350 g/mol. The molecular formula is C23H30N2O. The van der Waals surface area contributed by atoms with Crippen molar-refractivity contribution in [3.8, 4) is 5.75 Å². The molecule has 3 heteroatoms. The van der Waals surface area contributed by atoms with E-state index in [0.29, 0.717) is 5.75 Å². The predicted octanol–water partition coefficient (Wildman–Crippen LogP) is 5.54. The van der Waals surface area contributed by atoms with Crippen LogP contribution in [0.2, 0.25) is 0 Å². The molecular weight excluding hydrogens is 320 g/mol. The lowest BCUT2D eigenvalue weighted by Crippen LogP contribution is -2.17. The Hall–Kier alpha value is -2.42. The van der Waals surface area contributed by atoms with E-state index in [4.69, 9.17) is 5.73 Å². The Morgan fingerprint density at radius 3 is 2.12 bits per heavy atom. The van der Waals surface area contributed by atoms with Gasteiger partial charge in [-0.25, -0.2) is 0 Å². The molecule has 0 saturated heterocycles. The molecule has 1 heterocycles. The second-order valence-corrected chi connectivity index (χ2v) is 9.26. The number of phenolic OH excluding ortho intramolecular Hbond substituents is 1. The summed E-state index contributed by atoms with van der Waals surface area (Å²) in [4.78, 5) is 0. The van der Waals surface area contributed by atoms with E-state index >= 15 is 0 Å². The van der Waals surface area contributed by atoms with Gasteiger partial charge in [0.25, 0.3) is 0 Å². The molecule has 0 bridgehead atoms. The molecule has 1 aliphatic heterocycles. The van der Waals surface area contributed by atoms with Crippen LogP contribution in [0, 0.1) is 0 Å². The van der Waals surface area contributed by atoms with Gasteiger partial charge in [0.15, 0.2) is 0 Å². The molecule has 138 valence electrons. The zero-order chi connectivity index (χ0) is 19.3. The maximum atomic E-state index is 10.9. The van der Waals surface area contributed by atoms with Crippen molar-refractivity contribution in [3.05, 3.63) is 52.6 Å². The van der Waals surface area contributed by atoms with Gasteiger partial charge in [0.05, 0.1) is 11.4 Å². The van der Waals surface area contributed by atoms with Crippen LogP contribution in [0.25, 0.3) is 11.6 Å². The molecule has 3 nitrogen and oxygen atoms in total. The van der Waals surface area contributed by atoms with Crippen molar-refractivity contribution < 1.29 is 5.11 Å². The smallest absolute Gasteiger partial charge is 0.123 e. The molecule has 3 rings (SSSR count). The Labute approximate surface area is 156 Å². The fraction of sp³-hybridized carbons (Fsp3) is 0.391. The standard InChI is InChI=1S/C23H30N2O/c1-22(2,3)17-11-14(12-18(21(17)26)23(4,5)6)10-15-13-25-20-16(15)8-7-9-19(20)24/h7-12,25-26H,13,24H2,1-6H3. The third-order valence-electron chi connectivity index (χ3n) is 4.99. The van der Waals surface area contributed by atoms with E-state index in [1.165, 1.54) is 5.57 Å². The normalized spacial score (nSPS) is 15.8. The highest BCUT2D eigenvalue weighted by atomic mass is 16.3. The Balaban J connectivity index is 2.17. The lowest BCUT2D eigenvalue weighted by molar-refractivity contribution is 0.423. The van der Waals surface area contributed by atoms with Gasteiger partial charge in [-0.15, -0.1) is 0 Å². The van der Waals surface area contributed by atoms with E-state index in [2.05, 4.69) is 71.1 Å². The van der Waals surface area contributed by atoms with Gasteiger partial charge in [-0.3, -0.25) is 0 Å². The number of phenols is 1. The highest BCUT2D eigenvalue weighted by molar-refractivity contribution is 5.96. The van der Waals surface area contributed by atoms with Gasteiger partial charge in [-0.05, 0) is 46.2 Å². The van der Waals surface area contributed by atoms with Crippen molar-refractivity contribution in [3.63, 3.8) is 0 Å². The van der Waals surface area contributed by atoms with Crippen LogP contribution in [0.5, 0.6) is 5.75 Å². The second kappa shape index (κ2) is 6.08. The SMILES string of the molecule is CC(C)(C)c1cc(C=C2CNc3c(N)cccc32)cc(C(C)(C)C)c1O. The summed E-state index contributed by atoms with van der Waals surface area (Å²) < 4.78 is 0. The number of hydrogen-bond donors (Lipinski definition) is 3. The maximum absolute atomic E-state index is 10.9. The van der Waals surface area contributed by atoms with Crippen LogP contribution < -0.4 is 11.1 Å². The number of nitrogens with one attached hydrogen (secondary N) is 1. The molecule has 0 radical (unpaired) electrons. The van der Waals surface area contributed by atoms with Crippen LogP contribution in [0.15, 0.2) is 30.3 Å². The fourth-order valence-corrected chi connectivity index (χ4v) is 3.53. The lowest BCUT2D eigenvalue weighted by Gasteiger charge is -2.28. The van der Waals surface area contributed by atoms with Crippen molar-refractivity contribution in [1.29, 1.82) is 0 Å². The number of fused-ring (bicyclic) bond motifs is 1. The first-order valence-corrected chi connectivity index (χ1v) is 9.20.